The molecule has 108 valence electrons. The summed E-state index contributed by atoms with van der Waals surface area (Å²) in [6.07, 6.45) is 0. The van der Waals surface area contributed by atoms with Crippen LogP contribution in [0.15, 0.2) is 27.9 Å². The third-order valence-electron chi connectivity index (χ3n) is 2.62. The largest absolute Gasteiger partial charge is 0.300 e. The average molecular weight is 337 g/mol. The molecular formula is C11H10Cl2N2O4S. The highest BCUT2D eigenvalue weighted by Gasteiger charge is 2.18. The van der Waals surface area contributed by atoms with Crippen LogP contribution in [0.3, 0.4) is 0 Å². The van der Waals surface area contributed by atoms with Crippen LogP contribution in [0.1, 0.15) is 11.3 Å². The molecule has 2 aromatic rings. The van der Waals surface area contributed by atoms with Crippen molar-refractivity contribution < 1.29 is 13.0 Å². The van der Waals surface area contributed by atoms with Crippen molar-refractivity contribution in [2.24, 2.45) is 0 Å². The van der Waals surface area contributed by atoms with Crippen molar-refractivity contribution in [1.29, 1.82) is 0 Å². The maximum Gasteiger partial charge on any atom is 0.296 e. The second-order valence-corrected chi connectivity index (χ2v) is 6.42. The first-order valence-electron chi connectivity index (χ1n) is 5.40. The number of aromatic amines is 1. The zero-order valence-electron chi connectivity index (χ0n) is 10.2. The minimum absolute atomic E-state index is 0.0844. The van der Waals surface area contributed by atoms with Crippen molar-refractivity contribution in [2.45, 2.75) is 18.4 Å². The number of aromatic nitrogens is 2. The standard InChI is InChI=1S/C11H10Cl2N2O4S/c1-6-2-11(16)15(14-6)5-7-3-9(13)10(4-8(7)12)20(17,18)19/h2-4,14H,5H2,1H3,(H,17,18,19). The van der Waals surface area contributed by atoms with E-state index in [2.05, 4.69) is 5.10 Å². The van der Waals surface area contributed by atoms with Gasteiger partial charge in [0.25, 0.3) is 15.7 Å². The van der Waals surface area contributed by atoms with Crippen molar-refractivity contribution in [3.63, 3.8) is 0 Å². The Labute approximate surface area is 124 Å². The van der Waals surface area contributed by atoms with E-state index in [1.807, 2.05) is 0 Å². The van der Waals surface area contributed by atoms with Gasteiger partial charge in [0, 0.05) is 16.8 Å². The maximum absolute atomic E-state index is 11.6. The Morgan fingerprint density at radius 1 is 1.25 bits per heavy atom. The van der Waals surface area contributed by atoms with E-state index in [9.17, 15) is 13.2 Å². The quantitative estimate of drug-likeness (QED) is 0.839. The van der Waals surface area contributed by atoms with Gasteiger partial charge in [0.1, 0.15) is 4.90 Å². The van der Waals surface area contributed by atoms with Crippen LogP contribution in [-0.4, -0.2) is 22.8 Å². The smallest absolute Gasteiger partial charge is 0.296 e. The fraction of sp³-hybridized carbons (Fsp3) is 0.182. The van der Waals surface area contributed by atoms with Gasteiger partial charge in [0.2, 0.25) is 0 Å². The fourth-order valence-corrected chi connectivity index (χ4v) is 3.08. The Morgan fingerprint density at radius 3 is 2.40 bits per heavy atom. The van der Waals surface area contributed by atoms with Gasteiger partial charge in [-0.1, -0.05) is 23.2 Å². The molecule has 0 aliphatic heterocycles. The molecule has 0 bridgehead atoms. The maximum atomic E-state index is 11.6. The molecule has 1 aromatic heterocycles. The van der Waals surface area contributed by atoms with Gasteiger partial charge in [-0.3, -0.25) is 14.4 Å². The molecule has 0 saturated carbocycles. The number of hydrogen-bond acceptors (Lipinski definition) is 3. The fourth-order valence-electron chi connectivity index (χ4n) is 1.74. The molecule has 9 heteroatoms. The van der Waals surface area contributed by atoms with E-state index in [4.69, 9.17) is 27.8 Å². The summed E-state index contributed by atoms with van der Waals surface area (Å²) in [6.45, 7) is 1.84. The number of benzene rings is 1. The average Bonchev–Trinajstić information content (AvgIpc) is 2.60. The predicted molar refractivity (Wildman–Crippen MR) is 75.2 cm³/mol. The minimum Gasteiger partial charge on any atom is -0.300 e. The highest BCUT2D eigenvalue weighted by atomic mass is 35.5. The molecule has 1 aromatic carbocycles. The third kappa shape index (κ3) is 3.06. The van der Waals surface area contributed by atoms with Gasteiger partial charge in [-0.2, -0.15) is 8.42 Å². The van der Waals surface area contributed by atoms with Crippen LogP contribution in [0.4, 0.5) is 0 Å². The summed E-state index contributed by atoms with van der Waals surface area (Å²) >= 11 is 11.8. The van der Waals surface area contributed by atoms with Gasteiger partial charge < -0.3 is 0 Å². The topological polar surface area (TPSA) is 92.2 Å². The molecule has 20 heavy (non-hydrogen) atoms. The molecule has 2 rings (SSSR count). The molecule has 0 aliphatic carbocycles. The minimum atomic E-state index is -4.44. The van der Waals surface area contributed by atoms with E-state index in [0.29, 0.717) is 11.3 Å². The number of halogens is 2. The lowest BCUT2D eigenvalue weighted by molar-refractivity contribution is 0.483. The number of aryl methyl sites for hydroxylation is 1. The number of nitrogens with zero attached hydrogens (tertiary/aromatic N) is 1. The second-order valence-electron chi connectivity index (χ2n) is 4.21. The van der Waals surface area contributed by atoms with Gasteiger partial charge >= 0.3 is 0 Å². The molecule has 0 aliphatic rings. The van der Waals surface area contributed by atoms with Crippen molar-refractivity contribution in [2.75, 3.05) is 0 Å². The van der Waals surface area contributed by atoms with Crippen LogP contribution in [0.5, 0.6) is 0 Å². The van der Waals surface area contributed by atoms with Crippen LogP contribution < -0.4 is 5.56 Å². The van der Waals surface area contributed by atoms with Gasteiger partial charge in [0.15, 0.2) is 0 Å². The zero-order valence-corrected chi connectivity index (χ0v) is 12.6. The summed E-state index contributed by atoms with van der Waals surface area (Å²) in [5.41, 5.74) is 0.897. The highest BCUT2D eigenvalue weighted by molar-refractivity contribution is 7.86. The first-order chi connectivity index (χ1) is 9.18. The third-order valence-corrected chi connectivity index (χ3v) is 4.29. The molecule has 0 atom stereocenters. The lowest BCUT2D eigenvalue weighted by atomic mass is 10.2. The Balaban J connectivity index is 2.47. The molecule has 0 spiro atoms. The van der Waals surface area contributed by atoms with Gasteiger partial charge in [-0.25, -0.2) is 4.68 Å². The van der Waals surface area contributed by atoms with E-state index in [0.717, 1.165) is 6.07 Å². The summed E-state index contributed by atoms with van der Waals surface area (Å²) in [4.78, 5) is 11.1. The Hall–Kier alpha value is -1.28. The molecule has 0 fully saturated rings. The van der Waals surface area contributed by atoms with Crippen LogP contribution in [0, 0.1) is 6.92 Å². The normalized spacial score (nSPS) is 11.8. The number of rotatable bonds is 3. The molecule has 0 amide bonds. The van der Waals surface area contributed by atoms with Crippen LogP contribution in [0.25, 0.3) is 0 Å². The molecule has 0 saturated heterocycles. The summed E-state index contributed by atoms with van der Waals surface area (Å²) in [5, 5.41) is 2.74. The molecule has 1 heterocycles. The summed E-state index contributed by atoms with van der Waals surface area (Å²) in [5.74, 6) is 0. The molecular weight excluding hydrogens is 327 g/mol. The van der Waals surface area contributed by atoms with Crippen molar-refractivity contribution in [1.82, 2.24) is 9.78 Å². The Morgan fingerprint density at radius 2 is 1.90 bits per heavy atom. The van der Waals surface area contributed by atoms with Crippen molar-refractivity contribution >= 4 is 33.3 Å². The van der Waals surface area contributed by atoms with Crippen LogP contribution in [-0.2, 0) is 16.7 Å². The van der Waals surface area contributed by atoms with E-state index in [1.165, 1.54) is 16.8 Å². The monoisotopic (exact) mass is 336 g/mol. The van der Waals surface area contributed by atoms with Gasteiger partial charge in [-0.15, -0.1) is 0 Å². The SMILES string of the molecule is Cc1cc(=O)n(Cc2cc(Cl)c(S(=O)(=O)O)cc2Cl)[nH]1. The molecule has 0 unspecified atom stereocenters. The molecule has 6 nitrogen and oxygen atoms in total. The van der Waals surface area contributed by atoms with Crippen molar-refractivity contribution in [3.8, 4) is 0 Å². The number of nitrogens with one attached hydrogen (secondary N) is 1. The second kappa shape index (κ2) is 5.25. The van der Waals surface area contributed by atoms with E-state index >= 15 is 0 Å². The lowest BCUT2D eigenvalue weighted by Gasteiger charge is -2.08. The van der Waals surface area contributed by atoms with Crippen molar-refractivity contribution in [3.05, 3.63) is 49.9 Å². The summed E-state index contributed by atoms with van der Waals surface area (Å²) in [7, 11) is -4.44. The highest BCUT2D eigenvalue weighted by Crippen LogP contribution is 2.28. The van der Waals surface area contributed by atoms with Crippen LogP contribution in [0.2, 0.25) is 10.0 Å². The first kappa shape index (κ1) is 15.1. The summed E-state index contributed by atoms with van der Waals surface area (Å²) in [6, 6.07) is 3.77. The number of H-pyrrole nitrogens is 1. The van der Waals surface area contributed by atoms with E-state index < -0.39 is 15.0 Å². The zero-order chi connectivity index (χ0) is 15.1. The molecule has 0 radical (unpaired) electrons. The predicted octanol–water partition coefficient (Wildman–Crippen LogP) is 2.09. The van der Waals surface area contributed by atoms with E-state index in [1.54, 1.807) is 6.92 Å². The Kier molecular flexibility index (Phi) is 3.97. The molecule has 2 N–H and O–H groups in total. The lowest BCUT2D eigenvalue weighted by Crippen LogP contribution is -2.17. The first-order valence-corrected chi connectivity index (χ1v) is 7.60. The van der Waals surface area contributed by atoms with E-state index in [-0.39, 0.29) is 22.1 Å². The Bertz CT molecular complexity index is 823. The van der Waals surface area contributed by atoms with Gasteiger partial charge in [-0.05, 0) is 24.6 Å². The van der Waals surface area contributed by atoms with Crippen LogP contribution >= 0.6 is 23.2 Å². The number of hydrogen-bond donors (Lipinski definition) is 2. The summed E-state index contributed by atoms with van der Waals surface area (Å²) < 4.78 is 32.5. The van der Waals surface area contributed by atoms with Gasteiger partial charge in [0.05, 0.1) is 11.6 Å².